The Labute approximate surface area is 115 Å². The summed E-state index contributed by atoms with van der Waals surface area (Å²) < 4.78 is 16.2. The van der Waals surface area contributed by atoms with Crippen molar-refractivity contribution in [2.75, 3.05) is 34.9 Å². The van der Waals surface area contributed by atoms with Gasteiger partial charge in [-0.15, -0.1) is 0 Å². The molecule has 0 aliphatic rings. The van der Waals surface area contributed by atoms with Crippen LogP contribution in [0.4, 0.5) is 0 Å². The Morgan fingerprint density at radius 3 is 2.28 bits per heavy atom. The van der Waals surface area contributed by atoms with Crippen LogP contribution in [0, 0.1) is 0 Å². The van der Waals surface area contributed by atoms with E-state index in [9.17, 15) is 4.79 Å². The van der Waals surface area contributed by atoms with Gasteiger partial charge in [-0.05, 0) is 29.0 Å². The second-order valence-electron chi connectivity index (χ2n) is 3.46. The van der Waals surface area contributed by atoms with Crippen LogP contribution in [0.15, 0.2) is 10.5 Å². The molecule has 18 heavy (non-hydrogen) atoms. The number of nitrogens with one attached hydrogen (secondary N) is 1. The number of Topliss-reactive ketones (excluding diaryl/α,β-unsaturated/α-hetero) is 1. The molecular formula is C12H16BrNO4. The molecule has 0 fully saturated rings. The molecule has 100 valence electrons. The van der Waals surface area contributed by atoms with Crippen molar-refractivity contribution in [3.63, 3.8) is 0 Å². The molecule has 0 aliphatic heterocycles. The largest absolute Gasteiger partial charge is 0.495 e. The van der Waals surface area contributed by atoms with Gasteiger partial charge < -0.3 is 19.5 Å². The van der Waals surface area contributed by atoms with Crippen LogP contribution in [0.2, 0.25) is 0 Å². The van der Waals surface area contributed by atoms with E-state index >= 15 is 0 Å². The summed E-state index contributed by atoms with van der Waals surface area (Å²) in [5.74, 6) is 1.32. The first-order valence-electron chi connectivity index (χ1n) is 5.26. The minimum Gasteiger partial charge on any atom is -0.495 e. The van der Waals surface area contributed by atoms with Gasteiger partial charge in [-0.25, -0.2) is 0 Å². The smallest absolute Gasteiger partial charge is 0.180 e. The summed E-state index contributed by atoms with van der Waals surface area (Å²) in [4.78, 5) is 12.0. The summed E-state index contributed by atoms with van der Waals surface area (Å²) >= 11 is 3.36. The first-order chi connectivity index (χ1) is 8.60. The molecular weight excluding hydrogens is 302 g/mol. The molecule has 0 aromatic heterocycles. The number of likely N-dealkylation sites (N-methyl/N-ethyl adjacent to an activating group) is 1. The second-order valence-corrected chi connectivity index (χ2v) is 4.25. The van der Waals surface area contributed by atoms with E-state index in [2.05, 4.69) is 21.2 Å². The number of methoxy groups -OCH3 is 3. The van der Waals surface area contributed by atoms with Crippen LogP contribution in [-0.4, -0.2) is 40.7 Å². The van der Waals surface area contributed by atoms with E-state index in [1.54, 1.807) is 13.1 Å². The highest BCUT2D eigenvalue weighted by Crippen LogP contribution is 2.44. The normalized spacial score (nSPS) is 10.1. The predicted molar refractivity (Wildman–Crippen MR) is 72.1 cm³/mol. The van der Waals surface area contributed by atoms with Crippen molar-refractivity contribution in [3.8, 4) is 17.2 Å². The van der Waals surface area contributed by atoms with Crippen LogP contribution in [0.25, 0.3) is 0 Å². The van der Waals surface area contributed by atoms with Gasteiger partial charge in [0, 0.05) is 0 Å². The SMILES string of the molecule is CNCC(=O)c1cc(OC)c(OC)c(Br)c1OC. The summed E-state index contributed by atoms with van der Waals surface area (Å²) in [7, 11) is 6.25. The quantitative estimate of drug-likeness (QED) is 0.812. The van der Waals surface area contributed by atoms with Crippen molar-refractivity contribution in [2.24, 2.45) is 0 Å². The Morgan fingerprint density at radius 1 is 1.22 bits per heavy atom. The molecule has 0 heterocycles. The third-order valence-corrected chi connectivity index (χ3v) is 3.13. The lowest BCUT2D eigenvalue weighted by atomic mass is 10.1. The van der Waals surface area contributed by atoms with E-state index in [0.29, 0.717) is 27.3 Å². The molecule has 1 aromatic rings. The molecule has 0 spiro atoms. The van der Waals surface area contributed by atoms with Gasteiger partial charge in [0.15, 0.2) is 17.3 Å². The molecule has 0 saturated heterocycles. The van der Waals surface area contributed by atoms with E-state index < -0.39 is 0 Å². The highest BCUT2D eigenvalue weighted by Gasteiger charge is 2.22. The predicted octanol–water partition coefficient (Wildman–Crippen LogP) is 1.88. The highest BCUT2D eigenvalue weighted by atomic mass is 79.9. The Morgan fingerprint density at radius 2 is 1.83 bits per heavy atom. The van der Waals surface area contributed by atoms with E-state index in [1.807, 2.05) is 0 Å². The number of ether oxygens (including phenoxy) is 3. The standard InChI is InChI=1S/C12H16BrNO4/c1-14-6-8(15)7-5-9(16-2)12(18-4)10(13)11(7)17-3/h5,14H,6H2,1-4H3. The fraction of sp³-hybridized carbons (Fsp3) is 0.417. The molecule has 1 N–H and O–H groups in total. The Bertz CT molecular complexity index is 448. The van der Waals surface area contributed by atoms with Crippen LogP contribution in [-0.2, 0) is 0 Å². The topological polar surface area (TPSA) is 56.8 Å². The number of hydrogen-bond donors (Lipinski definition) is 1. The van der Waals surface area contributed by atoms with Crippen LogP contribution < -0.4 is 19.5 Å². The molecule has 0 aliphatic carbocycles. The minimum absolute atomic E-state index is 0.0870. The molecule has 5 nitrogen and oxygen atoms in total. The first kappa shape index (κ1) is 14.8. The fourth-order valence-corrected chi connectivity index (χ4v) is 2.33. The molecule has 0 atom stereocenters. The van der Waals surface area contributed by atoms with E-state index in [-0.39, 0.29) is 12.3 Å². The number of carbonyl (C=O) groups excluding carboxylic acids is 1. The maximum Gasteiger partial charge on any atom is 0.180 e. The zero-order chi connectivity index (χ0) is 13.7. The third kappa shape index (κ3) is 2.76. The van der Waals surface area contributed by atoms with Gasteiger partial charge in [0.05, 0.1) is 33.4 Å². The number of rotatable bonds is 6. The summed E-state index contributed by atoms with van der Waals surface area (Å²) in [6.07, 6.45) is 0. The summed E-state index contributed by atoms with van der Waals surface area (Å²) in [5, 5.41) is 2.81. The number of ketones is 1. The van der Waals surface area contributed by atoms with Crippen molar-refractivity contribution in [3.05, 3.63) is 16.1 Å². The maximum absolute atomic E-state index is 12.0. The number of benzene rings is 1. The molecule has 1 aromatic carbocycles. The Hall–Kier alpha value is -1.27. The average Bonchev–Trinajstić information content (AvgIpc) is 2.37. The molecule has 0 radical (unpaired) electrons. The number of halogens is 1. The molecule has 0 bridgehead atoms. The number of carbonyl (C=O) groups is 1. The first-order valence-corrected chi connectivity index (χ1v) is 6.06. The van der Waals surface area contributed by atoms with Crippen molar-refractivity contribution < 1.29 is 19.0 Å². The van der Waals surface area contributed by atoms with E-state index in [4.69, 9.17) is 14.2 Å². The van der Waals surface area contributed by atoms with Gasteiger partial charge in [-0.1, -0.05) is 0 Å². The fourth-order valence-electron chi connectivity index (χ4n) is 1.60. The van der Waals surface area contributed by atoms with Crippen molar-refractivity contribution in [1.29, 1.82) is 0 Å². The van der Waals surface area contributed by atoms with Gasteiger partial charge in [0.1, 0.15) is 10.2 Å². The molecule has 0 unspecified atom stereocenters. The monoisotopic (exact) mass is 317 g/mol. The Kier molecular flexibility index (Phi) is 5.43. The van der Waals surface area contributed by atoms with Crippen LogP contribution in [0.1, 0.15) is 10.4 Å². The minimum atomic E-state index is -0.0870. The Balaban J connectivity index is 3.42. The average molecular weight is 318 g/mol. The highest BCUT2D eigenvalue weighted by molar-refractivity contribution is 9.10. The summed E-state index contributed by atoms with van der Waals surface area (Å²) in [6.45, 7) is 0.221. The van der Waals surface area contributed by atoms with Crippen LogP contribution in [0.5, 0.6) is 17.2 Å². The van der Waals surface area contributed by atoms with Crippen molar-refractivity contribution >= 4 is 21.7 Å². The lowest BCUT2D eigenvalue weighted by Gasteiger charge is -2.16. The van der Waals surface area contributed by atoms with Crippen molar-refractivity contribution in [2.45, 2.75) is 0 Å². The van der Waals surface area contributed by atoms with Gasteiger partial charge in [0.2, 0.25) is 0 Å². The molecule has 6 heteroatoms. The third-order valence-electron chi connectivity index (χ3n) is 2.41. The molecule has 1 rings (SSSR count). The zero-order valence-electron chi connectivity index (χ0n) is 10.8. The van der Waals surface area contributed by atoms with E-state index in [0.717, 1.165) is 0 Å². The molecule has 0 amide bonds. The van der Waals surface area contributed by atoms with Gasteiger partial charge in [-0.2, -0.15) is 0 Å². The van der Waals surface area contributed by atoms with Crippen LogP contribution in [0.3, 0.4) is 0 Å². The van der Waals surface area contributed by atoms with Gasteiger partial charge >= 0.3 is 0 Å². The molecule has 0 saturated carbocycles. The lowest BCUT2D eigenvalue weighted by Crippen LogP contribution is -2.19. The lowest BCUT2D eigenvalue weighted by molar-refractivity contribution is 0.0990. The summed E-state index contributed by atoms with van der Waals surface area (Å²) in [6, 6.07) is 1.61. The van der Waals surface area contributed by atoms with E-state index in [1.165, 1.54) is 21.3 Å². The van der Waals surface area contributed by atoms with Crippen molar-refractivity contribution in [1.82, 2.24) is 5.32 Å². The zero-order valence-corrected chi connectivity index (χ0v) is 12.4. The van der Waals surface area contributed by atoms with Gasteiger partial charge in [0.25, 0.3) is 0 Å². The number of hydrogen-bond acceptors (Lipinski definition) is 5. The van der Waals surface area contributed by atoms with Crippen LogP contribution >= 0.6 is 15.9 Å². The maximum atomic E-state index is 12.0. The summed E-state index contributed by atoms with van der Waals surface area (Å²) in [5.41, 5.74) is 0.441. The second kappa shape index (κ2) is 6.61. The van der Waals surface area contributed by atoms with Gasteiger partial charge in [-0.3, -0.25) is 4.79 Å².